The largest absolute Gasteiger partial charge is 0.465 e. The molecule has 0 bridgehead atoms. The van der Waals surface area contributed by atoms with Gasteiger partial charge in [0.25, 0.3) is 0 Å². The lowest BCUT2D eigenvalue weighted by Crippen LogP contribution is -2.25. The molecule has 0 saturated heterocycles. The van der Waals surface area contributed by atoms with E-state index < -0.39 is 12.0 Å². The smallest absolute Gasteiger partial charge is 0.311 e. The summed E-state index contributed by atoms with van der Waals surface area (Å²) in [6.45, 7) is 5.90. The first-order chi connectivity index (χ1) is 6.59. The zero-order valence-corrected chi connectivity index (χ0v) is 9.45. The van der Waals surface area contributed by atoms with Gasteiger partial charge < -0.3 is 9.84 Å². The van der Waals surface area contributed by atoms with E-state index in [4.69, 9.17) is 9.84 Å². The van der Waals surface area contributed by atoms with Crippen molar-refractivity contribution in [3.05, 3.63) is 0 Å². The minimum Gasteiger partial charge on any atom is -0.465 e. The molecule has 0 aromatic heterocycles. The van der Waals surface area contributed by atoms with Crippen molar-refractivity contribution in [3.8, 4) is 0 Å². The predicted octanol–water partition coefficient (Wildman–Crippen LogP) is 2.13. The van der Waals surface area contributed by atoms with E-state index in [0.717, 1.165) is 12.8 Å². The molecule has 0 aliphatic carbocycles. The Kier molecular flexibility index (Phi) is 7.48. The van der Waals surface area contributed by atoms with Crippen LogP contribution in [-0.2, 0) is 9.53 Å². The molecule has 1 N–H and O–H groups in total. The first-order valence-corrected chi connectivity index (χ1v) is 5.44. The van der Waals surface area contributed by atoms with E-state index in [9.17, 15) is 4.79 Å². The molecule has 0 amide bonds. The number of rotatable bonds is 7. The summed E-state index contributed by atoms with van der Waals surface area (Å²) < 4.78 is 5.01. The van der Waals surface area contributed by atoms with Crippen molar-refractivity contribution in [3.63, 3.8) is 0 Å². The molecule has 0 aliphatic heterocycles. The second-order valence-corrected chi connectivity index (χ2v) is 3.76. The van der Waals surface area contributed by atoms with Gasteiger partial charge in [0, 0.05) is 0 Å². The molecule has 0 spiro atoms. The van der Waals surface area contributed by atoms with Gasteiger partial charge in [-0.05, 0) is 20.3 Å². The van der Waals surface area contributed by atoms with E-state index in [0.29, 0.717) is 6.61 Å². The van der Waals surface area contributed by atoms with Gasteiger partial charge in [-0.1, -0.05) is 26.2 Å². The Hall–Kier alpha value is -0.570. The number of carbonyl (C=O) groups excluding carboxylic acids is 1. The summed E-state index contributed by atoms with van der Waals surface area (Å²) in [5, 5.41) is 9.13. The molecule has 0 saturated carbocycles. The summed E-state index contributed by atoms with van der Waals surface area (Å²) in [4.78, 5) is 11.2. The topological polar surface area (TPSA) is 46.5 Å². The SMILES string of the molecule is CCCCCCOC(=O)[C@@H](C)[C@@H](C)O. The molecule has 84 valence electrons. The molecule has 0 unspecified atom stereocenters. The van der Waals surface area contributed by atoms with Crippen LogP contribution in [0.25, 0.3) is 0 Å². The Morgan fingerprint density at radius 2 is 1.93 bits per heavy atom. The zero-order chi connectivity index (χ0) is 11.0. The number of unbranched alkanes of at least 4 members (excludes halogenated alkanes) is 3. The zero-order valence-electron chi connectivity index (χ0n) is 9.45. The van der Waals surface area contributed by atoms with Gasteiger partial charge in [0.15, 0.2) is 0 Å². The molecule has 14 heavy (non-hydrogen) atoms. The quantitative estimate of drug-likeness (QED) is 0.508. The molecule has 3 heteroatoms. The van der Waals surface area contributed by atoms with Gasteiger partial charge in [0.2, 0.25) is 0 Å². The molecule has 0 aromatic rings. The van der Waals surface area contributed by atoms with Crippen molar-refractivity contribution < 1.29 is 14.6 Å². The normalized spacial score (nSPS) is 14.9. The van der Waals surface area contributed by atoms with Crippen LogP contribution in [0.15, 0.2) is 0 Å². The average molecular weight is 202 g/mol. The highest BCUT2D eigenvalue weighted by molar-refractivity contribution is 5.72. The van der Waals surface area contributed by atoms with Gasteiger partial charge >= 0.3 is 5.97 Å². The summed E-state index contributed by atoms with van der Waals surface area (Å²) in [5.41, 5.74) is 0. The maximum absolute atomic E-state index is 11.2. The molecule has 0 heterocycles. The van der Waals surface area contributed by atoms with Crippen LogP contribution < -0.4 is 0 Å². The molecular weight excluding hydrogens is 180 g/mol. The van der Waals surface area contributed by atoms with E-state index >= 15 is 0 Å². The fourth-order valence-corrected chi connectivity index (χ4v) is 1.03. The number of aliphatic hydroxyl groups excluding tert-OH is 1. The maximum Gasteiger partial charge on any atom is 0.311 e. The molecule has 0 rings (SSSR count). The lowest BCUT2D eigenvalue weighted by molar-refractivity contribution is -0.151. The standard InChI is InChI=1S/C11H22O3/c1-4-5-6-7-8-14-11(13)9(2)10(3)12/h9-10,12H,4-8H2,1-3H3/t9-,10+/m0/s1. The number of aliphatic hydroxyl groups is 1. The fraction of sp³-hybridized carbons (Fsp3) is 0.909. The Morgan fingerprint density at radius 3 is 2.43 bits per heavy atom. The second kappa shape index (κ2) is 7.80. The highest BCUT2D eigenvalue weighted by atomic mass is 16.5. The van der Waals surface area contributed by atoms with E-state index in [2.05, 4.69) is 6.92 Å². The first-order valence-electron chi connectivity index (χ1n) is 5.44. The number of hydrogen-bond donors (Lipinski definition) is 1. The fourth-order valence-electron chi connectivity index (χ4n) is 1.03. The molecule has 0 aromatic carbocycles. The number of hydrogen-bond acceptors (Lipinski definition) is 3. The van der Waals surface area contributed by atoms with Gasteiger partial charge in [-0.3, -0.25) is 4.79 Å². The van der Waals surface area contributed by atoms with Crippen LogP contribution in [0.1, 0.15) is 46.5 Å². The van der Waals surface area contributed by atoms with Crippen molar-refractivity contribution in [2.24, 2.45) is 5.92 Å². The summed E-state index contributed by atoms with van der Waals surface area (Å²) in [6.07, 6.45) is 3.76. The highest BCUT2D eigenvalue weighted by Gasteiger charge is 2.18. The third kappa shape index (κ3) is 5.97. The molecular formula is C11H22O3. The van der Waals surface area contributed by atoms with Crippen molar-refractivity contribution in [2.75, 3.05) is 6.61 Å². The van der Waals surface area contributed by atoms with Crippen molar-refractivity contribution in [2.45, 2.75) is 52.6 Å². The molecule has 0 aliphatic rings. The minimum atomic E-state index is -0.627. The van der Waals surface area contributed by atoms with Gasteiger partial charge in [-0.15, -0.1) is 0 Å². The van der Waals surface area contributed by atoms with Crippen LogP contribution in [0, 0.1) is 5.92 Å². The summed E-state index contributed by atoms with van der Waals surface area (Å²) in [6, 6.07) is 0. The first kappa shape index (κ1) is 13.4. The summed E-state index contributed by atoms with van der Waals surface area (Å²) >= 11 is 0. The van der Waals surface area contributed by atoms with E-state index in [-0.39, 0.29) is 5.97 Å². The van der Waals surface area contributed by atoms with E-state index in [1.54, 1.807) is 13.8 Å². The number of carbonyl (C=O) groups is 1. The summed E-state index contributed by atoms with van der Waals surface area (Å²) in [7, 11) is 0. The Morgan fingerprint density at radius 1 is 1.29 bits per heavy atom. The third-order valence-electron chi connectivity index (χ3n) is 2.34. The second-order valence-electron chi connectivity index (χ2n) is 3.76. The van der Waals surface area contributed by atoms with E-state index in [1.165, 1.54) is 12.8 Å². The molecule has 2 atom stereocenters. The lowest BCUT2D eigenvalue weighted by atomic mass is 10.1. The van der Waals surface area contributed by atoms with Gasteiger partial charge in [-0.2, -0.15) is 0 Å². The Bertz CT molecular complexity index is 155. The molecule has 0 radical (unpaired) electrons. The van der Waals surface area contributed by atoms with Crippen LogP contribution >= 0.6 is 0 Å². The number of esters is 1. The third-order valence-corrected chi connectivity index (χ3v) is 2.34. The number of ether oxygens (including phenoxy) is 1. The van der Waals surface area contributed by atoms with Crippen molar-refractivity contribution in [1.29, 1.82) is 0 Å². The summed E-state index contributed by atoms with van der Waals surface area (Å²) in [5.74, 6) is -0.710. The van der Waals surface area contributed by atoms with Crippen LogP contribution in [0.3, 0.4) is 0 Å². The van der Waals surface area contributed by atoms with Crippen molar-refractivity contribution in [1.82, 2.24) is 0 Å². The van der Waals surface area contributed by atoms with Crippen LogP contribution in [0.5, 0.6) is 0 Å². The monoisotopic (exact) mass is 202 g/mol. The van der Waals surface area contributed by atoms with Crippen LogP contribution in [0.2, 0.25) is 0 Å². The van der Waals surface area contributed by atoms with Crippen molar-refractivity contribution >= 4 is 5.97 Å². The maximum atomic E-state index is 11.2. The van der Waals surface area contributed by atoms with Gasteiger partial charge in [-0.25, -0.2) is 0 Å². The predicted molar refractivity (Wildman–Crippen MR) is 55.9 cm³/mol. The van der Waals surface area contributed by atoms with Crippen LogP contribution in [0.4, 0.5) is 0 Å². The highest BCUT2D eigenvalue weighted by Crippen LogP contribution is 2.06. The van der Waals surface area contributed by atoms with Gasteiger partial charge in [0.05, 0.1) is 18.6 Å². The molecule has 0 fully saturated rings. The van der Waals surface area contributed by atoms with Crippen LogP contribution in [-0.4, -0.2) is 23.8 Å². The Balaban J connectivity index is 3.44. The molecule has 3 nitrogen and oxygen atoms in total. The van der Waals surface area contributed by atoms with E-state index in [1.807, 2.05) is 0 Å². The lowest BCUT2D eigenvalue weighted by Gasteiger charge is -2.13. The van der Waals surface area contributed by atoms with Gasteiger partial charge in [0.1, 0.15) is 0 Å². The average Bonchev–Trinajstić information content (AvgIpc) is 2.16. The minimum absolute atomic E-state index is 0.295. The Labute approximate surface area is 86.5 Å².